The first-order valence-electron chi connectivity index (χ1n) is 6.49. The molecule has 1 unspecified atom stereocenters. The molecule has 1 saturated heterocycles. The third-order valence-electron chi connectivity index (χ3n) is 3.42. The quantitative estimate of drug-likeness (QED) is 0.643. The molecule has 0 aromatic heterocycles. The molecule has 1 fully saturated rings. The standard InChI is InChI=1S/C12H16ClN3O4S/c1-8-11(13)5-10(6-12(8)16(17)18)21(19,20)15-9-3-2-4-14-7-9/h5-6,9,14-15H,2-4,7H2,1H3. The number of nitro benzene ring substituents is 1. The first kappa shape index (κ1) is 16.2. The topological polar surface area (TPSA) is 101 Å². The van der Waals surface area contributed by atoms with Gasteiger partial charge in [0.15, 0.2) is 0 Å². The van der Waals surface area contributed by atoms with Gasteiger partial charge in [0.2, 0.25) is 10.0 Å². The predicted molar refractivity (Wildman–Crippen MR) is 79.1 cm³/mol. The lowest BCUT2D eigenvalue weighted by molar-refractivity contribution is -0.385. The molecule has 1 aromatic rings. The molecule has 0 saturated carbocycles. The van der Waals surface area contributed by atoms with Gasteiger partial charge in [-0.3, -0.25) is 10.1 Å². The second-order valence-corrected chi connectivity index (χ2v) is 7.09. The van der Waals surface area contributed by atoms with E-state index in [9.17, 15) is 18.5 Å². The van der Waals surface area contributed by atoms with E-state index in [4.69, 9.17) is 11.6 Å². The normalized spacial score (nSPS) is 19.4. The second kappa shape index (κ2) is 6.27. The van der Waals surface area contributed by atoms with E-state index in [0.29, 0.717) is 6.54 Å². The fourth-order valence-corrected chi connectivity index (χ4v) is 3.82. The lowest BCUT2D eigenvalue weighted by Gasteiger charge is -2.23. The highest BCUT2D eigenvalue weighted by atomic mass is 35.5. The minimum Gasteiger partial charge on any atom is -0.315 e. The second-order valence-electron chi connectivity index (χ2n) is 4.97. The third kappa shape index (κ3) is 3.70. The number of piperidine rings is 1. The van der Waals surface area contributed by atoms with Crippen molar-refractivity contribution in [3.05, 3.63) is 32.8 Å². The fourth-order valence-electron chi connectivity index (χ4n) is 2.22. The average molecular weight is 334 g/mol. The molecule has 0 spiro atoms. The summed E-state index contributed by atoms with van der Waals surface area (Å²) in [4.78, 5) is 10.1. The number of nitro groups is 1. The summed E-state index contributed by atoms with van der Waals surface area (Å²) in [6, 6.07) is 2.06. The van der Waals surface area contributed by atoms with Crippen LogP contribution in [0.2, 0.25) is 5.02 Å². The Morgan fingerprint density at radius 2 is 2.19 bits per heavy atom. The van der Waals surface area contributed by atoms with Crippen molar-refractivity contribution in [1.29, 1.82) is 0 Å². The first-order chi connectivity index (χ1) is 9.81. The number of benzene rings is 1. The van der Waals surface area contributed by atoms with E-state index in [-0.39, 0.29) is 27.2 Å². The minimum absolute atomic E-state index is 0.0614. The number of hydrogen-bond acceptors (Lipinski definition) is 5. The van der Waals surface area contributed by atoms with Gasteiger partial charge in [-0.25, -0.2) is 13.1 Å². The molecule has 1 heterocycles. The summed E-state index contributed by atoms with van der Waals surface area (Å²) < 4.78 is 27.2. The molecule has 0 radical (unpaired) electrons. The maximum Gasteiger partial charge on any atom is 0.275 e. The van der Waals surface area contributed by atoms with Crippen LogP contribution in [0.4, 0.5) is 5.69 Å². The lowest BCUT2D eigenvalue weighted by Crippen LogP contribution is -2.45. The molecule has 1 aliphatic heterocycles. The molecule has 0 amide bonds. The summed E-state index contributed by atoms with van der Waals surface area (Å²) in [7, 11) is -3.83. The molecule has 1 atom stereocenters. The summed E-state index contributed by atoms with van der Waals surface area (Å²) in [5, 5.41) is 14.1. The molecule has 116 valence electrons. The van der Waals surface area contributed by atoms with Gasteiger partial charge in [0, 0.05) is 24.2 Å². The van der Waals surface area contributed by atoms with E-state index < -0.39 is 14.9 Å². The van der Waals surface area contributed by atoms with Crippen molar-refractivity contribution in [2.24, 2.45) is 0 Å². The van der Waals surface area contributed by atoms with Gasteiger partial charge in [-0.15, -0.1) is 0 Å². The largest absolute Gasteiger partial charge is 0.315 e. The van der Waals surface area contributed by atoms with Crippen LogP contribution in [-0.4, -0.2) is 32.5 Å². The van der Waals surface area contributed by atoms with E-state index in [0.717, 1.165) is 25.5 Å². The average Bonchev–Trinajstić information content (AvgIpc) is 2.41. The molecule has 1 aliphatic rings. The Morgan fingerprint density at radius 3 is 2.76 bits per heavy atom. The van der Waals surface area contributed by atoms with Crippen LogP contribution in [0.25, 0.3) is 0 Å². The monoisotopic (exact) mass is 333 g/mol. The van der Waals surface area contributed by atoms with Crippen LogP contribution in [0.15, 0.2) is 17.0 Å². The Balaban J connectivity index is 2.33. The van der Waals surface area contributed by atoms with Gasteiger partial charge in [0.05, 0.1) is 14.8 Å². The maximum absolute atomic E-state index is 12.3. The zero-order chi connectivity index (χ0) is 15.6. The smallest absolute Gasteiger partial charge is 0.275 e. The first-order valence-corrected chi connectivity index (χ1v) is 8.35. The summed E-state index contributed by atoms with van der Waals surface area (Å²) in [6.07, 6.45) is 1.61. The van der Waals surface area contributed by atoms with E-state index in [1.165, 1.54) is 13.0 Å². The van der Waals surface area contributed by atoms with Gasteiger partial charge < -0.3 is 5.32 Å². The van der Waals surface area contributed by atoms with Crippen LogP contribution in [0, 0.1) is 17.0 Å². The van der Waals surface area contributed by atoms with Gasteiger partial charge in [0.1, 0.15) is 0 Å². The molecule has 0 bridgehead atoms. The van der Waals surface area contributed by atoms with Gasteiger partial charge in [-0.1, -0.05) is 11.6 Å². The van der Waals surface area contributed by atoms with Crippen molar-refractivity contribution in [3.63, 3.8) is 0 Å². The van der Waals surface area contributed by atoms with Gasteiger partial charge in [-0.2, -0.15) is 0 Å². The molecule has 2 N–H and O–H groups in total. The highest BCUT2D eigenvalue weighted by molar-refractivity contribution is 7.89. The lowest BCUT2D eigenvalue weighted by atomic mass is 10.1. The molecule has 2 rings (SSSR count). The van der Waals surface area contributed by atoms with Crippen LogP contribution in [-0.2, 0) is 10.0 Å². The Kier molecular flexibility index (Phi) is 4.82. The van der Waals surface area contributed by atoms with E-state index >= 15 is 0 Å². The number of halogens is 1. The number of nitrogens with one attached hydrogen (secondary N) is 2. The van der Waals surface area contributed by atoms with Gasteiger partial charge >= 0.3 is 0 Å². The van der Waals surface area contributed by atoms with Crippen LogP contribution in [0.1, 0.15) is 18.4 Å². The molecule has 21 heavy (non-hydrogen) atoms. The van der Waals surface area contributed by atoms with Crippen molar-refractivity contribution in [1.82, 2.24) is 10.0 Å². The highest BCUT2D eigenvalue weighted by Crippen LogP contribution is 2.29. The summed E-state index contributed by atoms with van der Waals surface area (Å²) in [6.45, 7) is 2.89. The van der Waals surface area contributed by atoms with Gasteiger partial charge in [0.25, 0.3) is 5.69 Å². The van der Waals surface area contributed by atoms with Crippen molar-refractivity contribution in [3.8, 4) is 0 Å². The van der Waals surface area contributed by atoms with E-state index in [1.807, 2.05) is 0 Å². The van der Waals surface area contributed by atoms with Crippen LogP contribution in [0.3, 0.4) is 0 Å². The van der Waals surface area contributed by atoms with Gasteiger partial charge in [-0.05, 0) is 32.4 Å². The van der Waals surface area contributed by atoms with E-state index in [1.54, 1.807) is 0 Å². The zero-order valence-corrected chi connectivity index (χ0v) is 13.0. The van der Waals surface area contributed by atoms with Crippen LogP contribution < -0.4 is 10.0 Å². The molecule has 7 nitrogen and oxygen atoms in total. The number of hydrogen-bond donors (Lipinski definition) is 2. The van der Waals surface area contributed by atoms with Crippen LogP contribution >= 0.6 is 11.6 Å². The highest BCUT2D eigenvalue weighted by Gasteiger charge is 2.25. The summed E-state index contributed by atoms with van der Waals surface area (Å²) >= 11 is 5.90. The SMILES string of the molecule is Cc1c(Cl)cc(S(=O)(=O)NC2CCCNC2)cc1[N+](=O)[O-]. The maximum atomic E-state index is 12.3. The zero-order valence-electron chi connectivity index (χ0n) is 11.4. The molecular formula is C12H16ClN3O4S. The fraction of sp³-hybridized carbons (Fsp3) is 0.500. The Bertz CT molecular complexity index is 657. The third-order valence-corrected chi connectivity index (χ3v) is 5.31. The minimum atomic E-state index is -3.83. The summed E-state index contributed by atoms with van der Waals surface area (Å²) in [5.41, 5.74) is -0.0513. The molecular weight excluding hydrogens is 318 g/mol. The van der Waals surface area contributed by atoms with Crippen molar-refractivity contribution < 1.29 is 13.3 Å². The van der Waals surface area contributed by atoms with Crippen molar-refractivity contribution in [2.75, 3.05) is 13.1 Å². The van der Waals surface area contributed by atoms with Crippen molar-refractivity contribution >= 4 is 27.3 Å². The Hall–Kier alpha value is -1.22. The summed E-state index contributed by atoms with van der Waals surface area (Å²) in [5.74, 6) is 0. The van der Waals surface area contributed by atoms with E-state index in [2.05, 4.69) is 10.0 Å². The number of nitrogens with zero attached hydrogens (tertiary/aromatic N) is 1. The molecule has 1 aromatic carbocycles. The Morgan fingerprint density at radius 1 is 1.48 bits per heavy atom. The molecule has 9 heteroatoms. The Labute approximate surface area is 127 Å². The number of rotatable bonds is 4. The van der Waals surface area contributed by atoms with Crippen LogP contribution in [0.5, 0.6) is 0 Å². The molecule has 0 aliphatic carbocycles. The predicted octanol–water partition coefficient (Wildman–Crippen LogP) is 1.59. The van der Waals surface area contributed by atoms with Crippen molar-refractivity contribution in [2.45, 2.75) is 30.7 Å². The number of sulfonamides is 1.